The molecular weight excluding hydrogens is 345 g/mol. The molecule has 1 fully saturated rings. The van der Waals surface area contributed by atoms with Crippen LogP contribution in [-0.4, -0.2) is 42.8 Å². The average Bonchev–Trinajstić information content (AvgIpc) is 3.18. The maximum atomic E-state index is 14.6. The number of pyridine rings is 1. The van der Waals surface area contributed by atoms with Crippen LogP contribution in [0.5, 0.6) is 0 Å². The van der Waals surface area contributed by atoms with E-state index in [0.717, 1.165) is 18.7 Å². The van der Waals surface area contributed by atoms with Gasteiger partial charge in [0.2, 0.25) is 5.95 Å². The third-order valence-corrected chi connectivity index (χ3v) is 4.88. The van der Waals surface area contributed by atoms with E-state index in [4.69, 9.17) is 11.6 Å². The third-order valence-electron chi connectivity index (χ3n) is 4.66. The van der Waals surface area contributed by atoms with Crippen LogP contribution in [0.3, 0.4) is 0 Å². The molecule has 0 saturated carbocycles. The summed E-state index contributed by atoms with van der Waals surface area (Å²) in [6.45, 7) is 1.10. The van der Waals surface area contributed by atoms with Crippen molar-refractivity contribution in [2.45, 2.75) is 18.8 Å². The first-order valence-corrected chi connectivity index (χ1v) is 8.52. The Morgan fingerprint density at radius 3 is 3.00 bits per heavy atom. The monoisotopic (exact) mass is 361 g/mol. The molecule has 0 bridgehead atoms. The van der Waals surface area contributed by atoms with E-state index < -0.39 is 11.9 Å². The van der Waals surface area contributed by atoms with Gasteiger partial charge in [0.05, 0.1) is 5.02 Å². The molecule has 3 aromatic heterocycles. The number of imidazole rings is 2. The second kappa shape index (κ2) is 6.15. The second-order valence-electron chi connectivity index (χ2n) is 6.31. The Morgan fingerprint density at radius 1 is 1.40 bits per heavy atom. The number of nitrogens with zero attached hydrogens (tertiary/aromatic N) is 5. The number of carbonyl (C=O) groups is 1. The summed E-state index contributed by atoms with van der Waals surface area (Å²) in [5.41, 5.74) is 0.200. The van der Waals surface area contributed by atoms with E-state index in [1.165, 1.54) is 10.6 Å². The van der Waals surface area contributed by atoms with Crippen LogP contribution in [0, 0.1) is 5.95 Å². The molecule has 0 N–H and O–H groups in total. The van der Waals surface area contributed by atoms with Gasteiger partial charge in [-0.2, -0.15) is 4.39 Å². The molecule has 4 heterocycles. The van der Waals surface area contributed by atoms with Crippen molar-refractivity contribution in [1.29, 1.82) is 0 Å². The minimum atomic E-state index is -0.679. The van der Waals surface area contributed by atoms with Crippen LogP contribution in [0.2, 0.25) is 5.02 Å². The molecule has 0 aromatic carbocycles. The van der Waals surface area contributed by atoms with E-state index in [9.17, 15) is 9.18 Å². The Balaban J connectivity index is 1.62. The average molecular weight is 362 g/mol. The molecule has 1 aliphatic rings. The highest BCUT2D eigenvalue weighted by atomic mass is 35.5. The van der Waals surface area contributed by atoms with Gasteiger partial charge < -0.3 is 9.47 Å². The van der Waals surface area contributed by atoms with Gasteiger partial charge in [0.15, 0.2) is 5.69 Å². The number of carbonyl (C=O) groups excluding carboxylic acids is 1. The summed E-state index contributed by atoms with van der Waals surface area (Å²) in [7, 11) is 1.94. The summed E-state index contributed by atoms with van der Waals surface area (Å²) in [5.74, 6) is 0.0184. The zero-order chi connectivity index (χ0) is 17.6. The summed E-state index contributed by atoms with van der Waals surface area (Å²) >= 11 is 5.90. The Morgan fingerprint density at radius 2 is 2.24 bits per heavy atom. The highest BCUT2D eigenvalue weighted by Crippen LogP contribution is 2.27. The number of piperidine rings is 1. The largest absolute Gasteiger partial charge is 0.338 e. The van der Waals surface area contributed by atoms with Crippen LogP contribution < -0.4 is 0 Å². The number of likely N-dealkylation sites (tertiary alicyclic amines) is 1. The quantitative estimate of drug-likeness (QED) is 0.705. The Labute approximate surface area is 148 Å². The molecule has 0 spiro atoms. The van der Waals surface area contributed by atoms with Crippen LogP contribution in [0.25, 0.3) is 5.65 Å². The number of halogens is 2. The van der Waals surface area contributed by atoms with Crippen molar-refractivity contribution in [2.75, 3.05) is 13.1 Å². The maximum Gasteiger partial charge on any atom is 0.277 e. The van der Waals surface area contributed by atoms with Crippen molar-refractivity contribution in [2.24, 2.45) is 7.05 Å². The minimum absolute atomic E-state index is 0.146. The van der Waals surface area contributed by atoms with Crippen molar-refractivity contribution < 1.29 is 9.18 Å². The lowest BCUT2D eigenvalue weighted by atomic mass is 9.97. The van der Waals surface area contributed by atoms with Gasteiger partial charge in [0.25, 0.3) is 5.91 Å². The molecule has 0 aliphatic carbocycles. The number of aryl methyl sites for hydroxylation is 1. The van der Waals surface area contributed by atoms with Crippen LogP contribution in [0.1, 0.15) is 35.1 Å². The molecule has 130 valence electrons. The van der Waals surface area contributed by atoms with Gasteiger partial charge in [0, 0.05) is 44.6 Å². The molecule has 1 atom stereocenters. The van der Waals surface area contributed by atoms with Crippen LogP contribution in [0.4, 0.5) is 4.39 Å². The smallest absolute Gasteiger partial charge is 0.277 e. The van der Waals surface area contributed by atoms with E-state index in [1.807, 2.05) is 17.8 Å². The minimum Gasteiger partial charge on any atom is -0.338 e. The highest BCUT2D eigenvalue weighted by molar-refractivity contribution is 6.30. The molecule has 25 heavy (non-hydrogen) atoms. The molecule has 0 radical (unpaired) electrons. The molecule has 8 heteroatoms. The summed E-state index contributed by atoms with van der Waals surface area (Å²) in [6, 6.07) is 3.21. The third kappa shape index (κ3) is 2.78. The van der Waals surface area contributed by atoms with Gasteiger partial charge in [-0.25, -0.2) is 9.97 Å². The Hall–Kier alpha value is -2.41. The lowest BCUT2D eigenvalue weighted by Gasteiger charge is -2.32. The number of aromatic nitrogens is 4. The number of rotatable bonds is 2. The van der Waals surface area contributed by atoms with Crippen LogP contribution in [0.15, 0.2) is 30.7 Å². The normalized spacial score (nSPS) is 18.0. The van der Waals surface area contributed by atoms with E-state index in [1.54, 1.807) is 23.2 Å². The van der Waals surface area contributed by atoms with Gasteiger partial charge >= 0.3 is 0 Å². The summed E-state index contributed by atoms with van der Waals surface area (Å²) < 4.78 is 17.8. The molecule has 1 saturated heterocycles. The van der Waals surface area contributed by atoms with Crippen molar-refractivity contribution >= 4 is 23.2 Å². The highest BCUT2D eigenvalue weighted by Gasteiger charge is 2.30. The first-order chi connectivity index (χ1) is 12.0. The van der Waals surface area contributed by atoms with Gasteiger partial charge in [0.1, 0.15) is 11.5 Å². The number of amides is 1. The van der Waals surface area contributed by atoms with E-state index >= 15 is 0 Å². The standard InChI is InChI=1S/C17H17ClFN5O/c1-22-8-6-20-16(22)11-3-2-7-23(9-11)17(25)14-15(19)24-10-12(18)4-5-13(24)21-14/h4-6,8,10-11H,2-3,7,9H2,1H3/t11-/m1/s1. The fourth-order valence-electron chi connectivity index (χ4n) is 3.42. The van der Waals surface area contributed by atoms with Gasteiger partial charge in [-0.05, 0) is 25.0 Å². The van der Waals surface area contributed by atoms with Crippen molar-refractivity contribution in [3.8, 4) is 0 Å². The number of hydrogen-bond acceptors (Lipinski definition) is 3. The summed E-state index contributed by atoms with van der Waals surface area (Å²) in [5, 5.41) is 0.385. The van der Waals surface area contributed by atoms with Gasteiger partial charge in [-0.1, -0.05) is 11.6 Å². The van der Waals surface area contributed by atoms with E-state index in [-0.39, 0.29) is 11.6 Å². The van der Waals surface area contributed by atoms with Crippen molar-refractivity contribution in [3.63, 3.8) is 0 Å². The zero-order valence-corrected chi connectivity index (χ0v) is 14.4. The fraction of sp³-hybridized carbons (Fsp3) is 0.353. The molecule has 1 amide bonds. The Bertz CT molecular complexity index is 950. The summed E-state index contributed by atoms with van der Waals surface area (Å²) in [6.07, 6.45) is 6.87. The first-order valence-electron chi connectivity index (χ1n) is 8.14. The molecule has 6 nitrogen and oxygen atoms in total. The summed E-state index contributed by atoms with van der Waals surface area (Å²) in [4.78, 5) is 23.0. The van der Waals surface area contributed by atoms with E-state index in [0.29, 0.717) is 23.8 Å². The van der Waals surface area contributed by atoms with Gasteiger partial charge in [-0.3, -0.25) is 9.20 Å². The molecular formula is C17H17ClFN5O. The Kier molecular flexibility index (Phi) is 3.95. The predicted octanol–water partition coefficient (Wildman–Crippen LogP) is 2.88. The van der Waals surface area contributed by atoms with Gasteiger partial charge in [-0.15, -0.1) is 0 Å². The van der Waals surface area contributed by atoms with Crippen molar-refractivity contribution in [3.05, 3.63) is 53.2 Å². The maximum absolute atomic E-state index is 14.6. The molecule has 3 aromatic rings. The molecule has 4 rings (SSSR count). The lowest BCUT2D eigenvalue weighted by Crippen LogP contribution is -2.40. The molecule has 0 unspecified atom stereocenters. The molecule has 1 aliphatic heterocycles. The topological polar surface area (TPSA) is 55.4 Å². The SMILES string of the molecule is Cn1ccnc1[C@@H]1CCCN(C(=O)c2nc3ccc(Cl)cn3c2F)C1. The predicted molar refractivity (Wildman–Crippen MR) is 91.2 cm³/mol. The van der Waals surface area contributed by atoms with Crippen molar-refractivity contribution in [1.82, 2.24) is 23.8 Å². The van der Waals surface area contributed by atoms with Crippen LogP contribution >= 0.6 is 11.6 Å². The number of fused-ring (bicyclic) bond motifs is 1. The van der Waals surface area contributed by atoms with E-state index in [2.05, 4.69) is 9.97 Å². The fourth-order valence-corrected chi connectivity index (χ4v) is 3.58. The first kappa shape index (κ1) is 16.1. The lowest BCUT2D eigenvalue weighted by molar-refractivity contribution is 0.0693. The number of hydrogen-bond donors (Lipinski definition) is 0. The van der Waals surface area contributed by atoms with Crippen LogP contribution in [-0.2, 0) is 7.05 Å². The second-order valence-corrected chi connectivity index (χ2v) is 6.75. The zero-order valence-electron chi connectivity index (χ0n) is 13.7.